The zero-order chi connectivity index (χ0) is 11.4. The summed E-state index contributed by atoms with van der Waals surface area (Å²) in [5.41, 5.74) is 1.68. The molecule has 0 saturated carbocycles. The maximum Gasteiger partial charge on any atom is 0.188 e. The second kappa shape index (κ2) is 4.76. The number of aromatic nitrogens is 3. The lowest BCUT2D eigenvalue weighted by molar-refractivity contribution is 0.0511. The van der Waals surface area contributed by atoms with Crippen molar-refractivity contribution in [2.45, 2.75) is 0 Å². The Labute approximate surface area is 93.6 Å². The Morgan fingerprint density at radius 3 is 2.62 bits per heavy atom. The van der Waals surface area contributed by atoms with Crippen molar-refractivity contribution in [1.82, 2.24) is 15.0 Å². The van der Waals surface area contributed by atoms with Crippen LogP contribution in [-0.4, -0.2) is 28.9 Å². The minimum atomic E-state index is 0.247. The van der Waals surface area contributed by atoms with Crippen LogP contribution in [0.4, 0.5) is 0 Å². The summed E-state index contributed by atoms with van der Waals surface area (Å²) in [5.74, 6) is 0.759. The topological polar surface area (TPSA) is 49.2 Å². The fraction of sp³-hybridized carbons (Fsp3) is 0.273. The molecule has 5 heteroatoms. The minimum absolute atomic E-state index is 0.247. The first-order valence-electron chi connectivity index (χ1n) is 4.81. The molecule has 1 heterocycles. The van der Waals surface area contributed by atoms with Gasteiger partial charge in [-0.25, -0.2) is 4.68 Å². The molecule has 16 heavy (non-hydrogen) atoms. The summed E-state index contributed by atoms with van der Waals surface area (Å²) in [6, 6.07) is 7.53. The van der Waals surface area contributed by atoms with E-state index in [-0.39, 0.29) is 6.79 Å². The zero-order valence-corrected chi connectivity index (χ0v) is 9.17. The second-order valence-corrected chi connectivity index (χ2v) is 3.25. The van der Waals surface area contributed by atoms with E-state index in [2.05, 4.69) is 16.5 Å². The molecule has 2 aromatic rings. The average molecular weight is 218 g/mol. The van der Waals surface area contributed by atoms with Crippen LogP contribution in [0.5, 0.6) is 5.75 Å². The Kier molecular flexibility index (Phi) is 3.16. The average Bonchev–Trinajstić information content (AvgIpc) is 2.74. The summed E-state index contributed by atoms with van der Waals surface area (Å²) in [4.78, 5) is 0. The third-order valence-electron chi connectivity index (χ3n) is 2.02. The van der Waals surface area contributed by atoms with Crippen molar-refractivity contribution in [3.05, 3.63) is 30.5 Å². The molecule has 0 aliphatic rings. The van der Waals surface area contributed by atoms with Gasteiger partial charge < -0.3 is 9.47 Å². The van der Waals surface area contributed by atoms with E-state index in [1.165, 1.54) is 0 Å². The highest BCUT2D eigenvalue weighted by Crippen LogP contribution is 2.19. The Morgan fingerprint density at radius 2 is 2.06 bits per heavy atom. The molecule has 0 unspecified atom stereocenters. The summed E-state index contributed by atoms with van der Waals surface area (Å²) < 4.78 is 11.6. The van der Waals surface area contributed by atoms with Crippen molar-refractivity contribution in [3.63, 3.8) is 0 Å². The number of methoxy groups -OCH3 is 1. The number of ether oxygens (including phenoxy) is 2. The van der Waals surface area contributed by atoms with Crippen LogP contribution in [0.1, 0.15) is 0 Å². The van der Waals surface area contributed by atoms with Crippen molar-refractivity contribution in [2.75, 3.05) is 13.9 Å². The summed E-state index contributed by atoms with van der Waals surface area (Å²) in [5, 5.41) is 7.79. The lowest BCUT2D eigenvalue weighted by atomic mass is 10.2. The number of aryl methyl sites for hydroxylation is 1. The first-order valence-corrected chi connectivity index (χ1v) is 4.81. The molecular weight excluding hydrogens is 206 g/mol. The molecule has 0 N–H and O–H groups in total. The van der Waals surface area contributed by atoms with Gasteiger partial charge in [0.2, 0.25) is 0 Å². The number of nitrogens with zero attached hydrogens (tertiary/aromatic N) is 3. The van der Waals surface area contributed by atoms with Gasteiger partial charge >= 0.3 is 0 Å². The molecule has 0 atom stereocenters. The lowest BCUT2D eigenvalue weighted by Crippen LogP contribution is -1.98. The molecule has 1 aromatic carbocycles. The van der Waals surface area contributed by atoms with Gasteiger partial charge in [-0.15, -0.1) is 5.10 Å². The minimum Gasteiger partial charge on any atom is -0.468 e. The molecule has 0 saturated heterocycles. The Balaban J connectivity index is 2.13. The van der Waals surface area contributed by atoms with Gasteiger partial charge in [0, 0.05) is 19.7 Å². The van der Waals surface area contributed by atoms with Gasteiger partial charge in [0.25, 0.3) is 0 Å². The zero-order valence-electron chi connectivity index (χ0n) is 9.17. The monoisotopic (exact) mass is 218 g/mol. The molecule has 0 bridgehead atoms. The van der Waals surface area contributed by atoms with Crippen molar-refractivity contribution in [2.24, 2.45) is 7.05 Å². The standard InChI is InChI=1S/C11H12N3O2/c1-14-7-11(12-13-14)9-3-5-10(6-4-9)16-8-15-2/h3-6H,8H2,1-2H3. The van der Waals surface area contributed by atoms with Crippen LogP contribution in [0.2, 0.25) is 0 Å². The van der Waals surface area contributed by atoms with Gasteiger partial charge in [0.05, 0.1) is 0 Å². The molecule has 5 nitrogen and oxygen atoms in total. The first kappa shape index (κ1) is 10.6. The Hall–Kier alpha value is -1.88. The van der Waals surface area contributed by atoms with Gasteiger partial charge in [-0.3, -0.25) is 0 Å². The van der Waals surface area contributed by atoms with Gasteiger partial charge in [0.15, 0.2) is 6.79 Å². The Bertz CT molecular complexity index is 451. The number of hydrogen-bond donors (Lipinski definition) is 0. The first-order chi connectivity index (χ1) is 7.79. The molecule has 0 aliphatic heterocycles. The van der Waals surface area contributed by atoms with Crippen molar-refractivity contribution < 1.29 is 9.47 Å². The second-order valence-electron chi connectivity index (χ2n) is 3.25. The van der Waals surface area contributed by atoms with E-state index in [0.717, 1.165) is 17.0 Å². The number of rotatable bonds is 4. The molecule has 2 rings (SSSR count). The third kappa shape index (κ3) is 2.38. The van der Waals surface area contributed by atoms with E-state index in [0.29, 0.717) is 0 Å². The lowest BCUT2D eigenvalue weighted by Gasteiger charge is -2.04. The molecule has 1 aromatic heterocycles. The summed E-state index contributed by atoms with van der Waals surface area (Å²) in [6.07, 6.45) is 2.98. The van der Waals surface area contributed by atoms with Crippen molar-refractivity contribution >= 4 is 0 Å². The molecule has 83 valence electrons. The highest BCUT2D eigenvalue weighted by molar-refractivity contribution is 5.58. The van der Waals surface area contributed by atoms with E-state index in [1.54, 1.807) is 18.8 Å². The quantitative estimate of drug-likeness (QED) is 0.725. The van der Waals surface area contributed by atoms with Gasteiger partial charge in [0.1, 0.15) is 17.6 Å². The van der Waals surface area contributed by atoms with E-state index in [1.807, 2.05) is 24.3 Å². The van der Waals surface area contributed by atoms with Gasteiger partial charge in [-0.1, -0.05) is 5.21 Å². The third-order valence-corrected chi connectivity index (χ3v) is 2.02. The van der Waals surface area contributed by atoms with Crippen LogP contribution in [0.3, 0.4) is 0 Å². The van der Waals surface area contributed by atoms with Crippen LogP contribution in [0, 0.1) is 6.20 Å². The van der Waals surface area contributed by atoms with Crippen molar-refractivity contribution in [3.8, 4) is 17.0 Å². The fourth-order valence-corrected chi connectivity index (χ4v) is 1.27. The van der Waals surface area contributed by atoms with E-state index in [9.17, 15) is 0 Å². The van der Waals surface area contributed by atoms with Gasteiger partial charge in [-0.05, 0) is 24.3 Å². The maximum atomic E-state index is 5.28. The van der Waals surface area contributed by atoms with Crippen LogP contribution >= 0.6 is 0 Å². The van der Waals surface area contributed by atoms with E-state index in [4.69, 9.17) is 9.47 Å². The predicted octanol–water partition coefficient (Wildman–Crippen LogP) is 1.26. The summed E-state index contributed by atoms with van der Waals surface area (Å²) in [6.45, 7) is 0.247. The van der Waals surface area contributed by atoms with E-state index < -0.39 is 0 Å². The number of benzene rings is 1. The largest absolute Gasteiger partial charge is 0.468 e. The molecule has 1 radical (unpaired) electrons. The van der Waals surface area contributed by atoms with Crippen LogP contribution in [0.15, 0.2) is 24.3 Å². The van der Waals surface area contributed by atoms with Crippen LogP contribution < -0.4 is 4.74 Å². The normalized spacial score (nSPS) is 10.4. The molecule has 0 spiro atoms. The summed E-state index contributed by atoms with van der Waals surface area (Å²) >= 11 is 0. The summed E-state index contributed by atoms with van der Waals surface area (Å²) in [7, 11) is 3.37. The SMILES string of the molecule is COCOc1ccc(-c2[c]n(C)nn2)cc1. The van der Waals surface area contributed by atoms with E-state index >= 15 is 0 Å². The molecule has 0 amide bonds. The highest BCUT2D eigenvalue weighted by atomic mass is 16.7. The maximum absolute atomic E-state index is 5.28. The van der Waals surface area contributed by atoms with Crippen LogP contribution in [0.25, 0.3) is 11.3 Å². The predicted molar refractivity (Wildman–Crippen MR) is 57.8 cm³/mol. The number of hydrogen-bond acceptors (Lipinski definition) is 4. The highest BCUT2D eigenvalue weighted by Gasteiger charge is 2.03. The fourth-order valence-electron chi connectivity index (χ4n) is 1.27. The van der Waals surface area contributed by atoms with Crippen LogP contribution in [-0.2, 0) is 11.8 Å². The molecular formula is C11H12N3O2. The smallest absolute Gasteiger partial charge is 0.188 e. The van der Waals surface area contributed by atoms with Crippen molar-refractivity contribution in [1.29, 1.82) is 0 Å². The molecule has 0 fully saturated rings. The Morgan fingerprint density at radius 1 is 1.31 bits per heavy atom. The van der Waals surface area contributed by atoms with Gasteiger partial charge in [-0.2, -0.15) is 0 Å². The molecule has 0 aliphatic carbocycles.